The highest BCUT2D eigenvalue weighted by atomic mass is 19.2. The minimum atomic E-state index is -2.34. The molecular formula is C24H31F3O4. The van der Waals surface area contributed by atoms with Crippen LogP contribution >= 0.6 is 0 Å². The molecule has 9 atom stereocenters. The fourth-order valence-electron chi connectivity index (χ4n) is 7.41. The molecule has 0 aromatic heterocycles. The van der Waals surface area contributed by atoms with Crippen LogP contribution in [0.15, 0.2) is 23.0 Å². The van der Waals surface area contributed by atoms with Crippen LogP contribution in [0.5, 0.6) is 0 Å². The number of aliphatic hydroxyl groups is 1. The summed E-state index contributed by atoms with van der Waals surface area (Å²) in [7, 11) is 0. The summed E-state index contributed by atoms with van der Waals surface area (Å²) in [5, 5.41) is 11.2. The predicted octanol–water partition coefficient (Wildman–Crippen LogP) is 4.56. The summed E-state index contributed by atoms with van der Waals surface area (Å²) in [6, 6.07) is 0. The molecule has 4 nitrogen and oxygen atoms in total. The van der Waals surface area contributed by atoms with E-state index in [9.17, 15) is 19.1 Å². The van der Waals surface area contributed by atoms with Crippen molar-refractivity contribution in [2.24, 2.45) is 28.6 Å². The third-order valence-corrected chi connectivity index (χ3v) is 8.76. The smallest absolute Gasteiger partial charge is 0.305 e. The van der Waals surface area contributed by atoms with Gasteiger partial charge in [0.2, 0.25) is 5.78 Å². The predicted molar refractivity (Wildman–Crippen MR) is 108 cm³/mol. The molecule has 0 amide bonds. The van der Waals surface area contributed by atoms with E-state index in [4.69, 9.17) is 4.74 Å². The number of aliphatic hydroxyl groups excluding tert-OH is 1. The van der Waals surface area contributed by atoms with Gasteiger partial charge in [-0.05, 0) is 50.5 Å². The second-order valence-electron chi connectivity index (χ2n) is 10.5. The van der Waals surface area contributed by atoms with E-state index < -0.39 is 58.0 Å². The summed E-state index contributed by atoms with van der Waals surface area (Å²) in [5.74, 6) is -3.85. The summed E-state index contributed by atoms with van der Waals surface area (Å²) in [6.45, 7) is 8.29. The van der Waals surface area contributed by atoms with Gasteiger partial charge in [0.1, 0.15) is 12.3 Å². The quantitative estimate of drug-likeness (QED) is 0.640. The Kier molecular flexibility index (Phi) is 5.04. The molecule has 31 heavy (non-hydrogen) atoms. The Bertz CT molecular complexity index is 897. The summed E-state index contributed by atoms with van der Waals surface area (Å²) in [4.78, 5) is 24.2. The lowest BCUT2D eigenvalue weighted by Crippen LogP contribution is -2.68. The average Bonchev–Trinajstić information content (AvgIpc) is 2.92. The van der Waals surface area contributed by atoms with Gasteiger partial charge in [-0.3, -0.25) is 9.59 Å². The lowest BCUT2D eigenvalue weighted by molar-refractivity contribution is -0.212. The molecule has 0 heterocycles. The van der Waals surface area contributed by atoms with Crippen LogP contribution in [0.25, 0.3) is 0 Å². The maximum absolute atomic E-state index is 17.1. The molecule has 7 heteroatoms. The highest BCUT2D eigenvalue weighted by Crippen LogP contribution is 2.69. The maximum atomic E-state index is 17.1. The fraction of sp³-hybridized carbons (Fsp3) is 0.750. The van der Waals surface area contributed by atoms with Crippen LogP contribution < -0.4 is 0 Å². The Balaban J connectivity index is 1.83. The van der Waals surface area contributed by atoms with E-state index in [0.717, 1.165) is 0 Å². The number of carbonyl (C=O) groups excluding carboxylic acids is 2. The molecule has 4 aliphatic rings. The van der Waals surface area contributed by atoms with Gasteiger partial charge >= 0.3 is 5.97 Å². The molecule has 0 aromatic rings. The molecule has 0 aliphatic heterocycles. The number of alkyl halides is 2. The molecule has 4 aliphatic carbocycles. The summed E-state index contributed by atoms with van der Waals surface area (Å²) >= 11 is 0. The first-order valence-electron chi connectivity index (χ1n) is 11.2. The van der Waals surface area contributed by atoms with E-state index in [2.05, 4.69) is 0 Å². The second kappa shape index (κ2) is 6.93. The van der Waals surface area contributed by atoms with Crippen LogP contribution in [0, 0.1) is 28.6 Å². The molecule has 0 unspecified atom stereocenters. The van der Waals surface area contributed by atoms with Crippen molar-refractivity contribution in [2.75, 3.05) is 0 Å². The van der Waals surface area contributed by atoms with E-state index in [1.807, 2.05) is 13.8 Å². The van der Waals surface area contributed by atoms with Crippen LogP contribution in [-0.2, 0) is 14.3 Å². The van der Waals surface area contributed by atoms with Crippen molar-refractivity contribution in [2.45, 2.75) is 84.4 Å². The average molecular weight is 441 g/mol. The number of ether oxygens (including phenoxy) is 1. The lowest BCUT2D eigenvalue weighted by atomic mass is 9.45. The van der Waals surface area contributed by atoms with E-state index >= 15 is 8.78 Å². The molecule has 1 N–H and O–H groups in total. The Morgan fingerprint density at radius 1 is 1.29 bits per heavy atom. The van der Waals surface area contributed by atoms with E-state index in [1.54, 1.807) is 6.92 Å². The van der Waals surface area contributed by atoms with Gasteiger partial charge < -0.3 is 9.84 Å². The molecule has 3 fully saturated rings. The molecular weight excluding hydrogens is 409 g/mol. The number of carbonyl (C=O) groups is 2. The van der Waals surface area contributed by atoms with Crippen molar-refractivity contribution in [3.63, 3.8) is 0 Å². The molecule has 0 aromatic carbocycles. The van der Waals surface area contributed by atoms with E-state index in [-0.39, 0.29) is 42.6 Å². The van der Waals surface area contributed by atoms with Crippen molar-refractivity contribution in [3.05, 3.63) is 23.0 Å². The number of Topliss-reactive ketones (excluding diaryl/α,β-unsaturated/α-hetero) is 1. The number of hydrogen-bond acceptors (Lipinski definition) is 4. The number of hydrogen-bond donors (Lipinski definition) is 1. The third kappa shape index (κ3) is 2.71. The number of ketones is 1. The molecule has 4 rings (SSSR count). The zero-order chi connectivity index (χ0) is 23.1. The molecule has 0 spiro atoms. The first kappa shape index (κ1) is 22.6. The van der Waals surface area contributed by atoms with Crippen LogP contribution in [0.4, 0.5) is 13.2 Å². The van der Waals surface area contributed by atoms with Gasteiger partial charge in [0.05, 0.1) is 11.5 Å². The second-order valence-corrected chi connectivity index (χ2v) is 10.5. The van der Waals surface area contributed by atoms with Crippen molar-refractivity contribution in [1.82, 2.24) is 0 Å². The van der Waals surface area contributed by atoms with Crippen LogP contribution in [0.2, 0.25) is 0 Å². The minimum absolute atomic E-state index is 0.0128. The number of rotatable bonds is 2. The Morgan fingerprint density at radius 2 is 1.94 bits per heavy atom. The molecule has 0 radical (unpaired) electrons. The number of fused-ring (bicyclic) bond motifs is 5. The van der Waals surface area contributed by atoms with Crippen LogP contribution in [0.3, 0.4) is 0 Å². The number of halogens is 3. The zero-order valence-electron chi connectivity index (χ0n) is 18.7. The normalized spacial score (nSPS) is 49.2. The zero-order valence-corrected chi connectivity index (χ0v) is 18.7. The van der Waals surface area contributed by atoms with Gasteiger partial charge in [-0.1, -0.05) is 26.8 Å². The van der Waals surface area contributed by atoms with Crippen molar-refractivity contribution in [3.8, 4) is 0 Å². The van der Waals surface area contributed by atoms with Gasteiger partial charge in [0, 0.05) is 23.3 Å². The number of esters is 1. The van der Waals surface area contributed by atoms with Crippen molar-refractivity contribution >= 4 is 11.8 Å². The standard InChI is InChI=1S/C24H31F3O4/c1-6-17(29)31-21-11(2)7-13-14-8-15(25)18-19(26)20(30)12(3)9-23(18,5)24(14,27)16(28)10-22(13,21)4/h9,11,13-16,21,28H,6-8,10H2,1-5H3/t11-,13+,14+,15+,16+,21-,22+,23+,24+/m1/s1. The van der Waals surface area contributed by atoms with Crippen molar-refractivity contribution in [1.29, 1.82) is 0 Å². The monoisotopic (exact) mass is 440 g/mol. The van der Waals surface area contributed by atoms with Crippen LogP contribution in [0.1, 0.15) is 60.3 Å². The summed E-state index contributed by atoms with van der Waals surface area (Å²) < 4.78 is 53.1. The van der Waals surface area contributed by atoms with E-state index in [1.165, 1.54) is 19.9 Å². The van der Waals surface area contributed by atoms with Crippen LogP contribution in [-0.4, -0.2) is 40.9 Å². The highest BCUT2D eigenvalue weighted by Gasteiger charge is 2.74. The fourth-order valence-corrected chi connectivity index (χ4v) is 7.41. The van der Waals surface area contributed by atoms with Gasteiger partial charge in [0.15, 0.2) is 11.5 Å². The lowest BCUT2D eigenvalue weighted by Gasteiger charge is -2.62. The Morgan fingerprint density at radius 3 is 2.55 bits per heavy atom. The van der Waals surface area contributed by atoms with E-state index in [0.29, 0.717) is 6.42 Å². The van der Waals surface area contributed by atoms with Crippen molar-refractivity contribution < 1.29 is 32.6 Å². The first-order valence-corrected chi connectivity index (χ1v) is 11.2. The molecule has 0 bridgehead atoms. The largest absolute Gasteiger partial charge is 0.461 e. The van der Waals surface area contributed by atoms with Gasteiger partial charge in [-0.15, -0.1) is 0 Å². The topological polar surface area (TPSA) is 63.6 Å². The maximum Gasteiger partial charge on any atom is 0.305 e. The summed E-state index contributed by atoms with van der Waals surface area (Å²) in [5.41, 5.74) is -5.28. The molecule has 0 saturated heterocycles. The molecule has 3 saturated carbocycles. The highest BCUT2D eigenvalue weighted by molar-refractivity contribution is 6.08. The SMILES string of the molecule is CCC(=O)O[C@@H]1[C@H](C)C[C@H]2[C@@H]3C[C@H](F)C4=C(F)C(=O)C(C)=C[C@]4(C)[C@@]3(F)[C@@H](O)C[C@]12C. The Hall–Kier alpha value is -1.63. The van der Waals surface area contributed by atoms with Gasteiger partial charge in [-0.2, -0.15) is 0 Å². The minimum Gasteiger partial charge on any atom is -0.461 e. The first-order chi connectivity index (χ1) is 14.3. The third-order valence-electron chi connectivity index (χ3n) is 8.76. The van der Waals surface area contributed by atoms with Gasteiger partial charge in [-0.25, -0.2) is 13.2 Å². The number of allylic oxidation sites excluding steroid dienone is 4. The Labute approximate surface area is 180 Å². The molecule has 172 valence electrons. The van der Waals surface area contributed by atoms with Gasteiger partial charge in [0.25, 0.3) is 0 Å². The summed E-state index contributed by atoms with van der Waals surface area (Å²) in [6.07, 6.45) is -2.11.